The number of aromatic carboxylic acids is 1. The molecule has 5 nitrogen and oxygen atoms in total. The van der Waals surface area contributed by atoms with Gasteiger partial charge in [-0.05, 0) is 29.6 Å². The third-order valence-corrected chi connectivity index (χ3v) is 3.41. The first kappa shape index (κ1) is 14.0. The summed E-state index contributed by atoms with van der Waals surface area (Å²) >= 11 is 1.16. The highest BCUT2D eigenvalue weighted by Crippen LogP contribution is 2.26. The van der Waals surface area contributed by atoms with Crippen molar-refractivity contribution < 1.29 is 23.8 Å². The summed E-state index contributed by atoms with van der Waals surface area (Å²) in [6, 6.07) is 4.76. The lowest BCUT2D eigenvalue weighted by Gasteiger charge is -2.08. The van der Waals surface area contributed by atoms with Gasteiger partial charge in [-0.3, -0.25) is 4.79 Å². The zero-order valence-corrected chi connectivity index (χ0v) is 11.2. The monoisotopic (exact) mass is 295 g/mol. The number of hydrogen-bond acceptors (Lipinski definition) is 4. The Hall–Kier alpha value is -2.41. The number of hydrogen-bond donors (Lipinski definition) is 2. The molecule has 0 aliphatic heterocycles. The molecular formula is C13H10FNO4S. The van der Waals surface area contributed by atoms with E-state index in [1.165, 1.54) is 13.2 Å². The minimum absolute atomic E-state index is 0.0272. The van der Waals surface area contributed by atoms with Crippen LogP contribution in [-0.4, -0.2) is 24.1 Å². The maximum Gasteiger partial charge on any atom is 0.337 e. The van der Waals surface area contributed by atoms with E-state index in [-0.39, 0.29) is 11.3 Å². The summed E-state index contributed by atoms with van der Waals surface area (Å²) in [5.41, 5.74) is -0.284. The van der Waals surface area contributed by atoms with E-state index in [9.17, 15) is 14.0 Å². The molecule has 0 saturated carbocycles. The van der Waals surface area contributed by atoms with Gasteiger partial charge < -0.3 is 15.2 Å². The molecule has 2 aromatic rings. The fourth-order valence-corrected chi connectivity index (χ4v) is 2.36. The number of nitrogens with one attached hydrogen (secondary N) is 1. The number of carboxylic acids is 1. The molecule has 0 fully saturated rings. The van der Waals surface area contributed by atoms with Gasteiger partial charge in [0.05, 0.1) is 18.4 Å². The zero-order valence-electron chi connectivity index (χ0n) is 10.3. The summed E-state index contributed by atoms with van der Waals surface area (Å²) in [5, 5.41) is 13.1. The van der Waals surface area contributed by atoms with Crippen molar-refractivity contribution in [2.75, 3.05) is 12.4 Å². The molecular weight excluding hydrogens is 285 g/mol. The number of ether oxygens (including phenoxy) is 1. The van der Waals surface area contributed by atoms with Crippen LogP contribution in [0.15, 0.2) is 29.6 Å². The SMILES string of the molecule is COc1ccsc1C(=O)Nc1ccc(F)cc1C(=O)O. The second-order valence-corrected chi connectivity index (χ2v) is 4.68. The molecule has 0 spiro atoms. The summed E-state index contributed by atoms with van der Waals surface area (Å²) in [4.78, 5) is 23.4. The van der Waals surface area contributed by atoms with E-state index in [0.717, 1.165) is 23.5 Å². The van der Waals surface area contributed by atoms with Gasteiger partial charge in [-0.15, -0.1) is 11.3 Å². The third kappa shape index (κ3) is 2.77. The number of carbonyl (C=O) groups excluding carboxylic acids is 1. The van der Waals surface area contributed by atoms with E-state index in [1.54, 1.807) is 11.4 Å². The summed E-state index contributed by atoms with van der Waals surface area (Å²) in [6.07, 6.45) is 0. The molecule has 104 valence electrons. The molecule has 7 heteroatoms. The Morgan fingerprint density at radius 1 is 1.35 bits per heavy atom. The minimum atomic E-state index is -1.32. The molecule has 0 unspecified atom stereocenters. The first-order chi connectivity index (χ1) is 9.52. The highest BCUT2D eigenvalue weighted by atomic mass is 32.1. The second kappa shape index (κ2) is 5.70. The van der Waals surface area contributed by atoms with E-state index < -0.39 is 17.7 Å². The van der Waals surface area contributed by atoms with Crippen molar-refractivity contribution in [2.24, 2.45) is 0 Å². The summed E-state index contributed by atoms with van der Waals surface area (Å²) < 4.78 is 18.1. The lowest BCUT2D eigenvalue weighted by molar-refractivity contribution is 0.0697. The molecule has 2 N–H and O–H groups in total. The Balaban J connectivity index is 2.31. The molecule has 0 saturated heterocycles. The van der Waals surface area contributed by atoms with Crippen LogP contribution < -0.4 is 10.1 Å². The van der Waals surface area contributed by atoms with Gasteiger partial charge in [0.2, 0.25) is 0 Å². The van der Waals surface area contributed by atoms with Gasteiger partial charge in [-0.25, -0.2) is 9.18 Å². The van der Waals surface area contributed by atoms with Crippen LogP contribution in [0.1, 0.15) is 20.0 Å². The van der Waals surface area contributed by atoms with Crippen molar-refractivity contribution in [1.82, 2.24) is 0 Å². The molecule has 0 bridgehead atoms. The molecule has 1 aromatic carbocycles. The van der Waals surface area contributed by atoms with Gasteiger partial charge in [0.1, 0.15) is 16.4 Å². The van der Waals surface area contributed by atoms with Crippen LogP contribution in [0.2, 0.25) is 0 Å². The maximum atomic E-state index is 13.0. The van der Waals surface area contributed by atoms with Gasteiger partial charge in [0, 0.05) is 0 Å². The van der Waals surface area contributed by atoms with Crippen molar-refractivity contribution in [3.8, 4) is 5.75 Å². The predicted octanol–water partition coefficient (Wildman–Crippen LogP) is 2.85. The Kier molecular flexibility index (Phi) is 3.99. The Labute approximate surface area is 117 Å². The minimum Gasteiger partial charge on any atom is -0.495 e. The summed E-state index contributed by atoms with van der Waals surface area (Å²) in [5.74, 6) is -2.12. The smallest absolute Gasteiger partial charge is 0.337 e. The van der Waals surface area contributed by atoms with Crippen LogP contribution in [0.25, 0.3) is 0 Å². The van der Waals surface area contributed by atoms with Crippen LogP contribution in [0.4, 0.5) is 10.1 Å². The standard InChI is InChI=1S/C13H10FNO4S/c1-19-10-4-5-20-11(10)12(16)15-9-3-2-7(14)6-8(9)13(17)18/h2-6H,1H3,(H,15,16)(H,17,18). The van der Waals surface area contributed by atoms with Crippen LogP contribution in [0.5, 0.6) is 5.75 Å². The van der Waals surface area contributed by atoms with Crippen LogP contribution in [0.3, 0.4) is 0 Å². The van der Waals surface area contributed by atoms with E-state index in [1.807, 2.05) is 0 Å². The molecule has 1 heterocycles. The van der Waals surface area contributed by atoms with E-state index >= 15 is 0 Å². The largest absolute Gasteiger partial charge is 0.495 e. The molecule has 20 heavy (non-hydrogen) atoms. The molecule has 1 aromatic heterocycles. The maximum absolute atomic E-state index is 13.0. The highest BCUT2D eigenvalue weighted by Gasteiger charge is 2.18. The number of thiophene rings is 1. The fourth-order valence-electron chi connectivity index (χ4n) is 1.61. The number of methoxy groups -OCH3 is 1. The number of carboxylic acid groups (broad SMARTS) is 1. The third-order valence-electron chi connectivity index (χ3n) is 2.52. The molecule has 0 aliphatic carbocycles. The average Bonchev–Trinajstić information content (AvgIpc) is 2.89. The molecule has 0 atom stereocenters. The lowest BCUT2D eigenvalue weighted by Crippen LogP contribution is -2.14. The number of benzene rings is 1. The van der Waals surface area contributed by atoms with Crippen LogP contribution in [0, 0.1) is 5.82 Å². The number of amides is 1. The van der Waals surface area contributed by atoms with Crippen molar-refractivity contribution in [3.63, 3.8) is 0 Å². The number of carbonyl (C=O) groups is 2. The average molecular weight is 295 g/mol. The number of rotatable bonds is 4. The van der Waals surface area contributed by atoms with Crippen LogP contribution >= 0.6 is 11.3 Å². The highest BCUT2D eigenvalue weighted by molar-refractivity contribution is 7.12. The summed E-state index contributed by atoms with van der Waals surface area (Å²) in [7, 11) is 1.43. The first-order valence-electron chi connectivity index (χ1n) is 5.48. The summed E-state index contributed by atoms with van der Waals surface area (Å²) in [6.45, 7) is 0. The van der Waals surface area contributed by atoms with Crippen molar-refractivity contribution in [2.45, 2.75) is 0 Å². The van der Waals surface area contributed by atoms with Crippen molar-refractivity contribution in [3.05, 3.63) is 45.9 Å². The fraction of sp³-hybridized carbons (Fsp3) is 0.0769. The lowest BCUT2D eigenvalue weighted by atomic mass is 10.1. The topological polar surface area (TPSA) is 75.6 Å². The van der Waals surface area contributed by atoms with Gasteiger partial charge in [0.25, 0.3) is 5.91 Å². The Morgan fingerprint density at radius 2 is 2.10 bits per heavy atom. The van der Waals surface area contributed by atoms with Gasteiger partial charge in [-0.2, -0.15) is 0 Å². The van der Waals surface area contributed by atoms with Gasteiger partial charge in [0.15, 0.2) is 0 Å². The molecule has 2 rings (SSSR count). The van der Waals surface area contributed by atoms with Crippen LogP contribution in [-0.2, 0) is 0 Å². The van der Waals surface area contributed by atoms with Crippen molar-refractivity contribution >= 4 is 28.9 Å². The zero-order chi connectivity index (χ0) is 14.7. The molecule has 0 radical (unpaired) electrons. The first-order valence-corrected chi connectivity index (χ1v) is 6.36. The Morgan fingerprint density at radius 3 is 2.75 bits per heavy atom. The number of halogens is 1. The second-order valence-electron chi connectivity index (χ2n) is 3.77. The number of anilines is 1. The van der Waals surface area contributed by atoms with Gasteiger partial charge >= 0.3 is 5.97 Å². The molecule has 1 amide bonds. The molecule has 0 aliphatic rings. The van der Waals surface area contributed by atoms with E-state index in [2.05, 4.69) is 5.32 Å². The van der Waals surface area contributed by atoms with E-state index in [4.69, 9.17) is 9.84 Å². The van der Waals surface area contributed by atoms with E-state index in [0.29, 0.717) is 10.6 Å². The normalized spacial score (nSPS) is 10.1. The van der Waals surface area contributed by atoms with Crippen molar-refractivity contribution in [1.29, 1.82) is 0 Å². The van der Waals surface area contributed by atoms with Gasteiger partial charge in [-0.1, -0.05) is 0 Å². The Bertz CT molecular complexity index is 668. The predicted molar refractivity (Wildman–Crippen MR) is 72.2 cm³/mol. The quantitative estimate of drug-likeness (QED) is 0.909.